The summed E-state index contributed by atoms with van der Waals surface area (Å²) in [5, 5.41) is 7.48. The Morgan fingerprint density at radius 2 is 2.00 bits per heavy atom. The van der Waals surface area contributed by atoms with E-state index >= 15 is 0 Å². The molecule has 1 aromatic carbocycles. The third kappa shape index (κ3) is 2.91. The van der Waals surface area contributed by atoms with Gasteiger partial charge in [0.15, 0.2) is 0 Å². The number of aromatic nitrogens is 2. The Bertz CT molecular complexity index is 476. The summed E-state index contributed by atoms with van der Waals surface area (Å²) in [5.41, 5.74) is 2.20. The molecule has 0 spiro atoms. The summed E-state index contributed by atoms with van der Waals surface area (Å²) >= 11 is 0. The normalized spacial score (nSPS) is 12.6. The Morgan fingerprint density at radius 3 is 2.59 bits per heavy atom. The van der Waals surface area contributed by atoms with Crippen LogP contribution < -0.4 is 5.32 Å². The summed E-state index contributed by atoms with van der Waals surface area (Å²) in [6.45, 7) is 2.80. The Kier molecular flexibility index (Phi) is 3.54. The second-order valence-corrected chi connectivity index (χ2v) is 4.10. The lowest BCUT2D eigenvalue weighted by molar-refractivity contribution is 0.546. The number of hydrogen-bond acceptors (Lipinski definition) is 2. The fourth-order valence-electron chi connectivity index (χ4n) is 1.70. The first-order chi connectivity index (χ1) is 8.16. The maximum atomic E-state index is 12.8. The van der Waals surface area contributed by atoms with E-state index in [2.05, 4.69) is 17.3 Å². The predicted molar refractivity (Wildman–Crippen MR) is 64.9 cm³/mol. The standard InChI is InChI=1S/C13H16FN3/c1-10(11-3-5-12(14)6-4-11)15-9-13-7-8-16-17(13)2/h3-8,10,15H,9H2,1-2H3/t10-/m0/s1. The van der Waals surface area contributed by atoms with Crippen LogP contribution in [0.5, 0.6) is 0 Å². The summed E-state index contributed by atoms with van der Waals surface area (Å²) < 4.78 is 14.6. The van der Waals surface area contributed by atoms with Gasteiger partial charge in [0.05, 0.1) is 5.69 Å². The Morgan fingerprint density at radius 1 is 1.29 bits per heavy atom. The highest BCUT2D eigenvalue weighted by atomic mass is 19.1. The van der Waals surface area contributed by atoms with Crippen LogP contribution in [-0.4, -0.2) is 9.78 Å². The lowest BCUT2D eigenvalue weighted by atomic mass is 10.1. The van der Waals surface area contributed by atoms with Crippen molar-refractivity contribution in [2.24, 2.45) is 7.05 Å². The molecule has 0 saturated carbocycles. The molecular formula is C13H16FN3. The van der Waals surface area contributed by atoms with Crippen molar-refractivity contribution in [2.75, 3.05) is 0 Å². The molecule has 0 bridgehead atoms. The van der Waals surface area contributed by atoms with Gasteiger partial charge in [0.1, 0.15) is 5.82 Å². The number of rotatable bonds is 4. The van der Waals surface area contributed by atoms with Crippen molar-refractivity contribution in [3.05, 3.63) is 53.6 Å². The van der Waals surface area contributed by atoms with E-state index in [4.69, 9.17) is 0 Å². The molecule has 1 atom stereocenters. The average molecular weight is 233 g/mol. The molecule has 1 N–H and O–H groups in total. The van der Waals surface area contributed by atoms with Crippen molar-refractivity contribution >= 4 is 0 Å². The van der Waals surface area contributed by atoms with Gasteiger partial charge in [-0.25, -0.2) is 4.39 Å². The lowest BCUT2D eigenvalue weighted by Gasteiger charge is -2.14. The molecule has 0 amide bonds. The zero-order valence-corrected chi connectivity index (χ0v) is 10.0. The van der Waals surface area contributed by atoms with Crippen LogP contribution in [0.1, 0.15) is 24.2 Å². The molecule has 0 aliphatic carbocycles. The van der Waals surface area contributed by atoms with E-state index in [1.807, 2.05) is 17.8 Å². The maximum Gasteiger partial charge on any atom is 0.123 e. The molecule has 0 unspecified atom stereocenters. The molecule has 1 heterocycles. The van der Waals surface area contributed by atoms with Crippen LogP contribution in [0.4, 0.5) is 4.39 Å². The van der Waals surface area contributed by atoms with E-state index < -0.39 is 0 Å². The minimum absolute atomic E-state index is 0.186. The van der Waals surface area contributed by atoms with E-state index in [-0.39, 0.29) is 11.9 Å². The highest BCUT2D eigenvalue weighted by molar-refractivity contribution is 5.19. The van der Waals surface area contributed by atoms with Crippen molar-refractivity contribution < 1.29 is 4.39 Å². The van der Waals surface area contributed by atoms with Crippen LogP contribution in [0.2, 0.25) is 0 Å². The van der Waals surface area contributed by atoms with Gasteiger partial charge in [0.2, 0.25) is 0 Å². The monoisotopic (exact) mass is 233 g/mol. The highest BCUT2D eigenvalue weighted by Gasteiger charge is 2.06. The number of hydrogen-bond donors (Lipinski definition) is 1. The molecule has 3 nitrogen and oxygen atoms in total. The molecule has 0 saturated heterocycles. The molecule has 1 aromatic heterocycles. The van der Waals surface area contributed by atoms with Crippen molar-refractivity contribution in [1.82, 2.24) is 15.1 Å². The summed E-state index contributed by atoms with van der Waals surface area (Å²) in [4.78, 5) is 0. The third-order valence-electron chi connectivity index (χ3n) is 2.88. The van der Waals surface area contributed by atoms with Gasteiger partial charge in [0.25, 0.3) is 0 Å². The fraction of sp³-hybridized carbons (Fsp3) is 0.308. The van der Waals surface area contributed by atoms with Crippen LogP contribution in [0.3, 0.4) is 0 Å². The van der Waals surface area contributed by atoms with E-state index in [1.54, 1.807) is 18.3 Å². The quantitative estimate of drug-likeness (QED) is 0.878. The van der Waals surface area contributed by atoms with Gasteiger partial charge < -0.3 is 5.32 Å². The van der Waals surface area contributed by atoms with Gasteiger partial charge in [-0.2, -0.15) is 5.10 Å². The molecule has 0 aliphatic heterocycles. The smallest absolute Gasteiger partial charge is 0.123 e. The second kappa shape index (κ2) is 5.10. The number of aryl methyl sites for hydroxylation is 1. The van der Waals surface area contributed by atoms with E-state index in [1.165, 1.54) is 12.1 Å². The van der Waals surface area contributed by atoms with Crippen LogP contribution in [0.25, 0.3) is 0 Å². The lowest BCUT2D eigenvalue weighted by Crippen LogP contribution is -2.19. The molecule has 2 aromatic rings. The fourth-order valence-corrected chi connectivity index (χ4v) is 1.70. The minimum atomic E-state index is -0.201. The van der Waals surface area contributed by atoms with E-state index in [0.29, 0.717) is 0 Å². The average Bonchev–Trinajstić information content (AvgIpc) is 2.73. The van der Waals surface area contributed by atoms with Gasteiger partial charge in [0, 0.05) is 25.8 Å². The SMILES string of the molecule is C[C@H](NCc1ccnn1C)c1ccc(F)cc1. The molecule has 17 heavy (non-hydrogen) atoms. The molecule has 0 radical (unpaired) electrons. The van der Waals surface area contributed by atoms with Gasteiger partial charge >= 0.3 is 0 Å². The van der Waals surface area contributed by atoms with Gasteiger partial charge in [-0.3, -0.25) is 4.68 Å². The molecule has 0 aliphatic rings. The van der Waals surface area contributed by atoms with Crippen LogP contribution in [0.15, 0.2) is 36.5 Å². The molecule has 2 rings (SSSR count). The number of nitrogens with one attached hydrogen (secondary N) is 1. The number of nitrogens with zero attached hydrogens (tertiary/aromatic N) is 2. The molecule has 0 fully saturated rings. The Labute approximate surface area is 100 Å². The van der Waals surface area contributed by atoms with E-state index in [0.717, 1.165) is 17.8 Å². The zero-order valence-electron chi connectivity index (χ0n) is 10.0. The first-order valence-corrected chi connectivity index (χ1v) is 5.62. The van der Waals surface area contributed by atoms with Crippen LogP contribution in [-0.2, 0) is 13.6 Å². The van der Waals surface area contributed by atoms with E-state index in [9.17, 15) is 4.39 Å². The van der Waals surface area contributed by atoms with Crippen LogP contribution in [0, 0.1) is 5.82 Å². The van der Waals surface area contributed by atoms with Crippen molar-refractivity contribution in [2.45, 2.75) is 19.5 Å². The van der Waals surface area contributed by atoms with Crippen molar-refractivity contribution in [3.8, 4) is 0 Å². The summed E-state index contributed by atoms with van der Waals surface area (Å²) in [6.07, 6.45) is 1.78. The predicted octanol–water partition coefficient (Wildman–Crippen LogP) is 2.41. The van der Waals surface area contributed by atoms with Gasteiger partial charge in [-0.15, -0.1) is 0 Å². The summed E-state index contributed by atoms with van der Waals surface area (Å²) in [7, 11) is 1.92. The third-order valence-corrected chi connectivity index (χ3v) is 2.88. The molecule has 4 heteroatoms. The largest absolute Gasteiger partial charge is 0.305 e. The summed E-state index contributed by atoms with van der Waals surface area (Å²) in [5.74, 6) is -0.201. The Balaban J connectivity index is 1.95. The zero-order chi connectivity index (χ0) is 12.3. The van der Waals surface area contributed by atoms with Gasteiger partial charge in [-0.1, -0.05) is 12.1 Å². The minimum Gasteiger partial charge on any atom is -0.305 e. The molecular weight excluding hydrogens is 217 g/mol. The van der Waals surface area contributed by atoms with Gasteiger partial charge in [-0.05, 0) is 30.7 Å². The Hall–Kier alpha value is -1.68. The first kappa shape index (κ1) is 11.8. The number of halogens is 1. The highest BCUT2D eigenvalue weighted by Crippen LogP contribution is 2.13. The maximum absolute atomic E-state index is 12.8. The summed E-state index contributed by atoms with van der Waals surface area (Å²) in [6, 6.07) is 8.73. The molecule has 90 valence electrons. The van der Waals surface area contributed by atoms with Crippen molar-refractivity contribution in [3.63, 3.8) is 0 Å². The number of benzene rings is 1. The van der Waals surface area contributed by atoms with Crippen molar-refractivity contribution in [1.29, 1.82) is 0 Å². The topological polar surface area (TPSA) is 29.9 Å². The second-order valence-electron chi connectivity index (χ2n) is 4.10. The first-order valence-electron chi connectivity index (χ1n) is 5.62. The van der Waals surface area contributed by atoms with Crippen LogP contribution >= 0.6 is 0 Å².